The van der Waals surface area contributed by atoms with Gasteiger partial charge >= 0.3 is 0 Å². The number of nitrogens with zero attached hydrogens (tertiary/aromatic N) is 1. The average molecular weight is 194 g/mol. The second-order valence-corrected chi connectivity index (χ2v) is 4.04. The quantitative estimate of drug-likeness (QED) is 0.771. The summed E-state index contributed by atoms with van der Waals surface area (Å²) in [6.07, 6.45) is 0. The first-order valence-electron chi connectivity index (χ1n) is 5.26. The van der Waals surface area contributed by atoms with Gasteiger partial charge < -0.3 is 9.73 Å². The molecule has 1 saturated heterocycles. The van der Waals surface area contributed by atoms with Crippen molar-refractivity contribution in [1.82, 2.24) is 10.2 Å². The maximum atomic E-state index is 5.57. The topological polar surface area (TPSA) is 28.4 Å². The molecule has 2 rings (SSSR count). The lowest BCUT2D eigenvalue weighted by Gasteiger charge is -2.33. The van der Waals surface area contributed by atoms with Gasteiger partial charge in [-0.15, -0.1) is 0 Å². The normalized spacial score (nSPS) is 24.0. The highest BCUT2D eigenvalue weighted by molar-refractivity contribution is 5.05. The van der Waals surface area contributed by atoms with Crippen molar-refractivity contribution < 1.29 is 4.42 Å². The maximum Gasteiger partial charge on any atom is 0.118 e. The Bertz CT molecular complexity index is 295. The van der Waals surface area contributed by atoms with Crippen molar-refractivity contribution in [2.45, 2.75) is 26.4 Å². The Labute approximate surface area is 85.1 Å². The molecule has 0 bridgehead atoms. The van der Waals surface area contributed by atoms with Crippen molar-refractivity contribution in [3.05, 3.63) is 23.7 Å². The van der Waals surface area contributed by atoms with Crippen LogP contribution in [0.3, 0.4) is 0 Å². The molecular weight excluding hydrogens is 176 g/mol. The summed E-state index contributed by atoms with van der Waals surface area (Å²) in [6, 6.07) is 4.71. The number of piperazine rings is 1. The fraction of sp³-hybridized carbons (Fsp3) is 0.636. The summed E-state index contributed by atoms with van der Waals surface area (Å²) in [4.78, 5) is 2.45. The van der Waals surface area contributed by atoms with Crippen LogP contribution >= 0.6 is 0 Å². The van der Waals surface area contributed by atoms with E-state index in [1.165, 1.54) is 0 Å². The molecule has 0 spiro atoms. The number of nitrogens with one attached hydrogen (secondary N) is 1. The molecule has 1 fully saturated rings. The minimum atomic E-state index is 0.606. The van der Waals surface area contributed by atoms with E-state index < -0.39 is 0 Å². The van der Waals surface area contributed by atoms with Crippen LogP contribution in [0.2, 0.25) is 0 Å². The van der Waals surface area contributed by atoms with Crippen molar-refractivity contribution >= 4 is 0 Å². The van der Waals surface area contributed by atoms with E-state index in [2.05, 4.69) is 23.2 Å². The van der Waals surface area contributed by atoms with Crippen LogP contribution in [0.15, 0.2) is 16.5 Å². The first kappa shape index (κ1) is 9.74. The summed E-state index contributed by atoms with van der Waals surface area (Å²) in [5.74, 6) is 2.08. The molecule has 1 aromatic heterocycles. The van der Waals surface area contributed by atoms with Gasteiger partial charge in [-0.25, -0.2) is 0 Å². The third-order valence-corrected chi connectivity index (χ3v) is 2.79. The van der Waals surface area contributed by atoms with Crippen LogP contribution in [0.1, 0.15) is 18.4 Å². The predicted octanol–water partition coefficient (Wildman–Crippen LogP) is 1.38. The SMILES string of the molecule is Cc1ccc(CN2CCNCC2C)o1. The summed E-state index contributed by atoms with van der Waals surface area (Å²) in [7, 11) is 0. The van der Waals surface area contributed by atoms with Gasteiger partial charge in [-0.1, -0.05) is 0 Å². The highest BCUT2D eigenvalue weighted by Crippen LogP contribution is 2.12. The summed E-state index contributed by atoms with van der Waals surface area (Å²) in [6.45, 7) is 8.47. The number of furan rings is 1. The number of hydrogen-bond acceptors (Lipinski definition) is 3. The van der Waals surface area contributed by atoms with Crippen molar-refractivity contribution in [1.29, 1.82) is 0 Å². The van der Waals surface area contributed by atoms with E-state index in [9.17, 15) is 0 Å². The van der Waals surface area contributed by atoms with Gasteiger partial charge in [-0.2, -0.15) is 0 Å². The minimum Gasteiger partial charge on any atom is -0.465 e. The van der Waals surface area contributed by atoms with Gasteiger partial charge in [-0.3, -0.25) is 4.90 Å². The molecule has 0 aromatic carbocycles. The zero-order valence-corrected chi connectivity index (χ0v) is 8.92. The first-order chi connectivity index (χ1) is 6.75. The highest BCUT2D eigenvalue weighted by Gasteiger charge is 2.18. The minimum absolute atomic E-state index is 0.606. The second-order valence-electron chi connectivity index (χ2n) is 4.04. The van der Waals surface area contributed by atoms with Crippen LogP contribution in [0.5, 0.6) is 0 Å². The van der Waals surface area contributed by atoms with Crippen LogP contribution in [0, 0.1) is 6.92 Å². The van der Waals surface area contributed by atoms with Crippen LogP contribution < -0.4 is 5.32 Å². The van der Waals surface area contributed by atoms with Crippen molar-refractivity contribution in [2.75, 3.05) is 19.6 Å². The average Bonchev–Trinajstić information content (AvgIpc) is 2.56. The molecule has 0 saturated carbocycles. The third-order valence-electron chi connectivity index (χ3n) is 2.79. The molecule has 14 heavy (non-hydrogen) atoms. The molecule has 2 heterocycles. The monoisotopic (exact) mass is 194 g/mol. The summed E-state index contributed by atoms with van der Waals surface area (Å²) in [5, 5.41) is 3.38. The van der Waals surface area contributed by atoms with Crippen molar-refractivity contribution in [3.63, 3.8) is 0 Å². The molecule has 78 valence electrons. The van der Waals surface area contributed by atoms with E-state index >= 15 is 0 Å². The van der Waals surface area contributed by atoms with E-state index in [1.54, 1.807) is 0 Å². The second kappa shape index (κ2) is 4.15. The molecular formula is C11H18N2O. The fourth-order valence-electron chi connectivity index (χ4n) is 1.89. The smallest absolute Gasteiger partial charge is 0.118 e. The van der Waals surface area contributed by atoms with Gasteiger partial charge in [0.15, 0.2) is 0 Å². The van der Waals surface area contributed by atoms with Gasteiger partial charge in [0.1, 0.15) is 11.5 Å². The lowest BCUT2D eigenvalue weighted by atomic mass is 10.2. The Kier molecular flexibility index (Phi) is 2.89. The zero-order valence-electron chi connectivity index (χ0n) is 8.92. The van der Waals surface area contributed by atoms with Gasteiger partial charge in [-0.05, 0) is 26.0 Å². The Balaban J connectivity index is 1.95. The Hall–Kier alpha value is -0.800. The Morgan fingerprint density at radius 1 is 1.57 bits per heavy atom. The summed E-state index contributed by atoms with van der Waals surface area (Å²) < 4.78 is 5.57. The third kappa shape index (κ3) is 2.16. The molecule has 1 N–H and O–H groups in total. The standard InChI is InChI=1S/C11H18N2O/c1-9-7-12-5-6-13(9)8-11-4-3-10(2)14-11/h3-4,9,12H,5-8H2,1-2H3. The molecule has 1 atom stereocenters. The fourth-order valence-corrected chi connectivity index (χ4v) is 1.89. The summed E-state index contributed by atoms with van der Waals surface area (Å²) >= 11 is 0. The number of aryl methyl sites for hydroxylation is 1. The van der Waals surface area contributed by atoms with E-state index in [0.29, 0.717) is 6.04 Å². The van der Waals surface area contributed by atoms with E-state index in [-0.39, 0.29) is 0 Å². The molecule has 1 aromatic rings. The number of hydrogen-bond donors (Lipinski definition) is 1. The zero-order chi connectivity index (χ0) is 9.97. The largest absolute Gasteiger partial charge is 0.465 e. The molecule has 3 nitrogen and oxygen atoms in total. The first-order valence-corrected chi connectivity index (χ1v) is 5.26. The summed E-state index contributed by atoms with van der Waals surface area (Å²) in [5.41, 5.74) is 0. The van der Waals surface area contributed by atoms with Crippen LogP contribution in [-0.2, 0) is 6.54 Å². The highest BCUT2D eigenvalue weighted by atomic mass is 16.3. The Morgan fingerprint density at radius 3 is 3.07 bits per heavy atom. The lowest BCUT2D eigenvalue weighted by molar-refractivity contribution is 0.153. The van der Waals surface area contributed by atoms with Crippen molar-refractivity contribution in [3.8, 4) is 0 Å². The predicted molar refractivity (Wildman–Crippen MR) is 56.2 cm³/mol. The van der Waals surface area contributed by atoms with Crippen molar-refractivity contribution in [2.24, 2.45) is 0 Å². The van der Waals surface area contributed by atoms with E-state index in [4.69, 9.17) is 4.42 Å². The molecule has 0 amide bonds. The lowest BCUT2D eigenvalue weighted by Crippen LogP contribution is -2.49. The van der Waals surface area contributed by atoms with Crippen LogP contribution in [0.4, 0.5) is 0 Å². The van der Waals surface area contributed by atoms with Gasteiger partial charge in [0.2, 0.25) is 0 Å². The molecule has 1 unspecified atom stereocenters. The molecule has 0 aliphatic carbocycles. The molecule has 1 aliphatic rings. The molecule has 3 heteroatoms. The van der Waals surface area contributed by atoms with Gasteiger partial charge in [0.05, 0.1) is 6.54 Å². The van der Waals surface area contributed by atoms with Gasteiger partial charge in [0, 0.05) is 25.7 Å². The number of rotatable bonds is 2. The van der Waals surface area contributed by atoms with Gasteiger partial charge in [0.25, 0.3) is 0 Å². The Morgan fingerprint density at radius 2 is 2.43 bits per heavy atom. The molecule has 1 aliphatic heterocycles. The maximum absolute atomic E-state index is 5.57. The molecule has 0 radical (unpaired) electrons. The van der Waals surface area contributed by atoms with Crippen LogP contribution in [-0.4, -0.2) is 30.6 Å². The van der Waals surface area contributed by atoms with Crippen LogP contribution in [0.25, 0.3) is 0 Å². The van der Waals surface area contributed by atoms with E-state index in [1.807, 2.05) is 13.0 Å². The van der Waals surface area contributed by atoms with E-state index in [0.717, 1.165) is 37.7 Å².